The fourth-order valence-electron chi connectivity index (χ4n) is 2.39. The number of hydrogen-bond acceptors (Lipinski definition) is 2. The van der Waals surface area contributed by atoms with Crippen molar-refractivity contribution in [3.63, 3.8) is 0 Å². The molecular formula is C17H14FNO3. The van der Waals surface area contributed by atoms with Gasteiger partial charge in [0.1, 0.15) is 18.2 Å². The lowest BCUT2D eigenvalue weighted by Crippen LogP contribution is -2.02. The Balaban J connectivity index is 1.87. The molecule has 0 saturated carbocycles. The molecule has 112 valence electrons. The fourth-order valence-corrected chi connectivity index (χ4v) is 2.39. The molecule has 0 radical (unpaired) electrons. The second-order valence-corrected chi connectivity index (χ2v) is 5.02. The number of hydrogen-bond donors (Lipinski definition) is 1. The van der Waals surface area contributed by atoms with E-state index >= 15 is 0 Å². The summed E-state index contributed by atoms with van der Waals surface area (Å²) < 4.78 is 20.6. The van der Waals surface area contributed by atoms with Crippen LogP contribution in [0.15, 0.2) is 48.5 Å². The number of fused-ring (bicyclic) bond motifs is 1. The average molecular weight is 299 g/mol. The van der Waals surface area contributed by atoms with E-state index in [-0.39, 0.29) is 18.0 Å². The molecule has 1 N–H and O–H groups in total. The molecule has 0 aliphatic carbocycles. The van der Waals surface area contributed by atoms with Crippen LogP contribution in [0.1, 0.15) is 16.1 Å². The van der Waals surface area contributed by atoms with E-state index < -0.39 is 5.97 Å². The van der Waals surface area contributed by atoms with E-state index in [1.165, 1.54) is 12.1 Å². The third kappa shape index (κ3) is 2.65. The maximum Gasteiger partial charge on any atom is 0.335 e. The van der Waals surface area contributed by atoms with E-state index in [2.05, 4.69) is 0 Å². The van der Waals surface area contributed by atoms with Crippen molar-refractivity contribution in [2.75, 3.05) is 0 Å². The van der Waals surface area contributed by atoms with Crippen LogP contribution in [-0.2, 0) is 13.7 Å². The molecule has 2 aromatic carbocycles. The SMILES string of the molecule is Cn1c(COc2cccc(F)c2)cc2cc(C(=O)O)ccc21. The van der Waals surface area contributed by atoms with E-state index in [0.717, 1.165) is 16.6 Å². The van der Waals surface area contributed by atoms with E-state index in [4.69, 9.17) is 9.84 Å². The van der Waals surface area contributed by atoms with E-state index in [0.29, 0.717) is 5.75 Å². The first-order chi connectivity index (χ1) is 10.5. The molecule has 0 spiro atoms. The molecule has 0 aliphatic heterocycles. The van der Waals surface area contributed by atoms with E-state index in [1.54, 1.807) is 30.3 Å². The van der Waals surface area contributed by atoms with Gasteiger partial charge in [-0.15, -0.1) is 0 Å². The summed E-state index contributed by atoms with van der Waals surface area (Å²) in [6.07, 6.45) is 0. The molecule has 1 heterocycles. The van der Waals surface area contributed by atoms with Gasteiger partial charge in [0.15, 0.2) is 0 Å². The highest BCUT2D eigenvalue weighted by atomic mass is 19.1. The molecule has 0 bridgehead atoms. The van der Waals surface area contributed by atoms with Gasteiger partial charge in [-0.25, -0.2) is 9.18 Å². The normalized spacial score (nSPS) is 10.8. The maximum absolute atomic E-state index is 13.1. The highest BCUT2D eigenvalue weighted by Crippen LogP contribution is 2.22. The number of aromatic carboxylic acids is 1. The lowest BCUT2D eigenvalue weighted by Gasteiger charge is -2.07. The predicted octanol–water partition coefficient (Wildman–Crippen LogP) is 3.59. The number of aryl methyl sites for hydroxylation is 1. The standard InChI is InChI=1S/C17H14FNO3/c1-19-14(10-22-15-4-2-3-13(18)9-15)8-12-7-11(17(20)21)5-6-16(12)19/h2-9H,10H2,1H3,(H,20,21). The van der Waals surface area contributed by atoms with Crippen molar-refractivity contribution in [1.82, 2.24) is 4.57 Å². The van der Waals surface area contributed by atoms with Crippen molar-refractivity contribution in [3.8, 4) is 5.75 Å². The first kappa shape index (κ1) is 14.1. The van der Waals surface area contributed by atoms with Crippen LogP contribution in [-0.4, -0.2) is 15.6 Å². The Bertz CT molecular complexity index is 854. The first-order valence-electron chi connectivity index (χ1n) is 6.74. The lowest BCUT2D eigenvalue weighted by atomic mass is 10.1. The molecule has 0 fully saturated rings. The van der Waals surface area contributed by atoms with Gasteiger partial charge in [-0.3, -0.25) is 0 Å². The van der Waals surface area contributed by atoms with Crippen LogP contribution < -0.4 is 4.74 Å². The molecule has 5 heteroatoms. The molecule has 4 nitrogen and oxygen atoms in total. The molecule has 0 aliphatic rings. The zero-order chi connectivity index (χ0) is 15.7. The maximum atomic E-state index is 13.1. The molecule has 0 atom stereocenters. The summed E-state index contributed by atoms with van der Waals surface area (Å²) in [6.45, 7) is 0.275. The van der Waals surface area contributed by atoms with Gasteiger partial charge in [-0.05, 0) is 36.4 Å². The van der Waals surface area contributed by atoms with Crippen molar-refractivity contribution < 1.29 is 19.0 Å². The average Bonchev–Trinajstić information content (AvgIpc) is 2.81. The highest BCUT2D eigenvalue weighted by Gasteiger charge is 2.10. The Morgan fingerprint density at radius 3 is 2.77 bits per heavy atom. The van der Waals surface area contributed by atoms with Crippen molar-refractivity contribution in [1.29, 1.82) is 0 Å². The summed E-state index contributed by atoms with van der Waals surface area (Å²) in [5, 5.41) is 9.86. The number of carbonyl (C=O) groups is 1. The Labute approximate surface area is 126 Å². The number of ether oxygens (including phenoxy) is 1. The Morgan fingerprint density at radius 1 is 1.23 bits per heavy atom. The second kappa shape index (κ2) is 5.52. The summed E-state index contributed by atoms with van der Waals surface area (Å²) in [5.74, 6) is -0.847. The van der Waals surface area contributed by atoms with Gasteiger partial charge in [0.05, 0.1) is 11.3 Å². The summed E-state index contributed by atoms with van der Waals surface area (Å²) in [6, 6.07) is 12.8. The zero-order valence-electron chi connectivity index (χ0n) is 11.9. The highest BCUT2D eigenvalue weighted by molar-refractivity contribution is 5.94. The predicted molar refractivity (Wildman–Crippen MR) is 80.6 cm³/mol. The smallest absolute Gasteiger partial charge is 0.335 e. The zero-order valence-corrected chi connectivity index (χ0v) is 11.9. The Kier molecular flexibility index (Phi) is 3.55. The third-order valence-electron chi connectivity index (χ3n) is 3.57. The van der Waals surface area contributed by atoms with Gasteiger partial charge in [0, 0.05) is 24.0 Å². The summed E-state index contributed by atoms with van der Waals surface area (Å²) in [4.78, 5) is 11.0. The number of benzene rings is 2. The van der Waals surface area contributed by atoms with Gasteiger partial charge in [0.2, 0.25) is 0 Å². The van der Waals surface area contributed by atoms with Gasteiger partial charge in [0.25, 0.3) is 0 Å². The van der Waals surface area contributed by atoms with Gasteiger partial charge in [-0.1, -0.05) is 6.07 Å². The lowest BCUT2D eigenvalue weighted by molar-refractivity contribution is 0.0697. The van der Waals surface area contributed by atoms with Gasteiger partial charge in [-0.2, -0.15) is 0 Å². The molecular weight excluding hydrogens is 285 g/mol. The van der Waals surface area contributed by atoms with Crippen LogP contribution >= 0.6 is 0 Å². The molecule has 0 amide bonds. The fraction of sp³-hybridized carbons (Fsp3) is 0.118. The van der Waals surface area contributed by atoms with Crippen LogP contribution in [0, 0.1) is 5.82 Å². The quantitative estimate of drug-likeness (QED) is 0.801. The van der Waals surface area contributed by atoms with Crippen molar-refractivity contribution >= 4 is 16.9 Å². The van der Waals surface area contributed by atoms with Crippen LogP contribution in [0.4, 0.5) is 4.39 Å². The second-order valence-electron chi connectivity index (χ2n) is 5.02. The molecule has 3 rings (SSSR count). The van der Waals surface area contributed by atoms with Crippen molar-refractivity contribution in [2.24, 2.45) is 7.05 Å². The number of nitrogens with zero attached hydrogens (tertiary/aromatic N) is 1. The minimum atomic E-state index is -0.955. The number of carboxylic acid groups (broad SMARTS) is 1. The molecule has 22 heavy (non-hydrogen) atoms. The Morgan fingerprint density at radius 2 is 2.05 bits per heavy atom. The first-order valence-corrected chi connectivity index (χ1v) is 6.74. The van der Waals surface area contributed by atoms with Crippen LogP contribution in [0.5, 0.6) is 5.75 Å². The minimum Gasteiger partial charge on any atom is -0.487 e. The van der Waals surface area contributed by atoms with Gasteiger partial charge >= 0.3 is 5.97 Å². The van der Waals surface area contributed by atoms with Crippen LogP contribution in [0.2, 0.25) is 0 Å². The number of aromatic nitrogens is 1. The molecule has 0 saturated heterocycles. The monoisotopic (exact) mass is 299 g/mol. The van der Waals surface area contributed by atoms with E-state index in [9.17, 15) is 9.18 Å². The molecule has 1 aromatic heterocycles. The van der Waals surface area contributed by atoms with Crippen LogP contribution in [0.25, 0.3) is 10.9 Å². The molecule has 3 aromatic rings. The summed E-state index contributed by atoms with van der Waals surface area (Å²) in [5.41, 5.74) is 2.04. The number of halogens is 1. The topological polar surface area (TPSA) is 51.5 Å². The van der Waals surface area contributed by atoms with Crippen molar-refractivity contribution in [3.05, 3.63) is 65.6 Å². The van der Waals surface area contributed by atoms with Crippen LogP contribution in [0.3, 0.4) is 0 Å². The Hall–Kier alpha value is -2.82. The summed E-state index contributed by atoms with van der Waals surface area (Å²) in [7, 11) is 1.88. The molecule has 0 unspecified atom stereocenters. The third-order valence-corrected chi connectivity index (χ3v) is 3.57. The largest absolute Gasteiger partial charge is 0.487 e. The van der Waals surface area contributed by atoms with E-state index in [1.807, 2.05) is 17.7 Å². The van der Waals surface area contributed by atoms with Crippen molar-refractivity contribution in [2.45, 2.75) is 6.61 Å². The summed E-state index contributed by atoms with van der Waals surface area (Å²) >= 11 is 0. The number of rotatable bonds is 4. The van der Waals surface area contributed by atoms with Gasteiger partial charge < -0.3 is 14.4 Å². The number of carboxylic acids is 1. The minimum absolute atomic E-state index is 0.246.